The van der Waals surface area contributed by atoms with Crippen LogP contribution < -0.4 is 15.6 Å². The molecular formula is C23H27N3O5. The van der Waals surface area contributed by atoms with E-state index in [4.69, 9.17) is 9.47 Å². The number of carbonyl (C=O) groups is 3. The molecule has 0 spiro atoms. The number of carbonyl (C=O) groups excluding carboxylic acids is 3. The molecule has 2 aromatic rings. The number of hydrogen-bond donors (Lipinski definition) is 2. The molecule has 0 radical (unpaired) electrons. The summed E-state index contributed by atoms with van der Waals surface area (Å²) in [6.07, 6.45) is 0.847. The minimum atomic E-state index is -0.685. The van der Waals surface area contributed by atoms with Gasteiger partial charge in [0.2, 0.25) is 5.91 Å². The highest BCUT2D eigenvalue weighted by molar-refractivity contribution is 5.89. The summed E-state index contributed by atoms with van der Waals surface area (Å²) >= 11 is 0. The Kier molecular flexibility index (Phi) is 7.61. The van der Waals surface area contributed by atoms with Crippen molar-refractivity contribution in [2.75, 3.05) is 20.3 Å². The van der Waals surface area contributed by atoms with Crippen molar-refractivity contribution in [3.63, 3.8) is 0 Å². The second kappa shape index (κ2) is 10.6. The van der Waals surface area contributed by atoms with E-state index in [1.54, 1.807) is 6.07 Å². The molecule has 31 heavy (non-hydrogen) atoms. The van der Waals surface area contributed by atoms with Gasteiger partial charge in [-0.2, -0.15) is 0 Å². The molecule has 3 amide bonds. The van der Waals surface area contributed by atoms with E-state index in [0.717, 1.165) is 11.1 Å². The van der Waals surface area contributed by atoms with Crippen molar-refractivity contribution in [1.82, 2.24) is 15.8 Å². The number of hydrazine groups is 1. The Morgan fingerprint density at radius 1 is 1.03 bits per heavy atom. The smallest absolute Gasteiger partial charge is 0.276 e. The van der Waals surface area contributed by atoms with E-state index in [1.807, 2.05) is 48.5 Å². The lowest BCUT2D eigenvalue weighted by Crippen LogP contribution is -2.52. The minimum absolute atomic E-state index is 0.209. The highest BCUT2D eigenvalue weighted by Crippen LogP contribution is 2.22. The molecule has 0 aromatic heterocycles. The first-order chi connectivity index (χ1) is 15.0. The van der Waals surface area contributed by atoms with Gasteiger partial charge in [0.15, 0.2) is 6.61 Å². The lowest BCUT2D eigenvalue weighted by Gasteiger charge is -2.22. The van der Waals surface area contributed by atoms with Gasteiger partial charge in [-0.05, 0) is 17.2 Å². The number of nitrogens with zero attached hydrogens (tertiary/aromatic N) is 1. The average Bonchev–Trinajstić information content (AvgIpc) is 3.23. The molecule has 2 atom stereocenters. The van der Waals surface area contributed by atoms with Crippen LogP contribution in [0.1, 0.15) is 24.5 Å². The third-order valence-corrected chi connectivity index (χ3v) is 5.20. The summed E-state index contributed by atoms with van der Waals surface area (Å²) in [5.74, 6) is -0.579. The van der Waals surface area contributed by atoms with Crippen LogP contribution >= 0.6 is 0 Å². The van der Waals surface area contributed by atoms with Crippen LogP contribution in [0.3, 0.4) is 0 Å². The van der Waals surface area contributed by atoms with Crippen molar-refractivity contribution < 1.29 is 23.9 Å². The molecular weight excluding hydrogens is 398 g/mol. The molecule has 3 rings (SSSR count). The van der Waals surface area contributed by atoms with Gasteiger partial charge in [0.05, 0.1) is 6.10 Å². The fraction of sp³-hybridized carbons (Fsp3) is 0.348. The number of likely N-dealkylation sites (tertiary alicyclic amines) is 1. The van der Waals surface area contributed by atoms with Gasteiger partial charge in [0, 0.05) is 33.4 Å². The molecule has 1 fully saturated rings. The fourth-order valence-electron chi connectivity index (χ4n) is 3.57. The van der Waals surface area contributed by atoms with E-state index in [9.17, 15) is 14.4 Å². The molecule has 0 aliphatic carbocycles. The van der Waals surface area contributed by atoms with Gasteiger partial charge in [-0.3, -0.25) is 25.2 Å². The summed E-state index contributed by atoms with van der Waals surface area (Å²) in [5, 5.41) is 0. The van der Waals surface area contributed by atoms with Crippen LogP contribution in [0.25, 0.3) is 0 Å². The van der Waals surface area contributed by atoms with Crippen LogP contribution in [-0.2, 0) is 25.5 Å². The Labute approximate surface area is 181 Å². The van der Waals surface area contributed by atoms with Gasteiger partial charge in [0.25, 0.3) is 11.8 Å². The van der Waals surface area contributed by atoms with E-state index in [1.165, 1.54) is 18.9 Å². The lowest BCUT2D eigenvalue weighted by atomic mass is 10.0. The van der Waals surface area contributed by atoms with Crippen LogP contribution in [0.15, 0.2) is 54.6 Å². The molecule has 8 heteroatoms. The van der Waals surface area contributed by atoms with Crippen LogP contribution in [0.4, 0.5) is 0 Å². The summed E-state index contributed by atoms with van der Waals surface area (Å²) in [5.41, 5.74) is 6.82. The standard InChI is InChI=1S/C23H27N3O5/c1-16(27)26-14-19(30-2)13-20(26)23(29)25-24-22(28)15-31-21-11-7-6-10-18(21)12-17-8-4-3-5-9-17/h3-11,19-20H,12-15H2,1-2H3,(H,24,28)(H,25,29)/t19-,20+/m0/s1. The fourth-order valence-corrected chi connectivity index (χ4v) is 3.57. The van der Waals surface area contributed by atoms with Crippen LogP contribution in [0, 0.1) is 0 Å². The first kappa shape index (κ1) is 22.3. The number of amides is 3. The second-order valence-corrected chi connectivity index (χ2v) is 7.38. The maximum Gasteiger partial charge on any atom is 0.276 e. The van der Waals surface area contributed by atoms with Crippen molar-refractivity contribution in [2.24, 2.45) is 0 Å². The van der Waals surface area contributed by atoms with Gasteiger partial charge < -0.3 is 14.4 Å². The molecule has 2 aromatic carbocycles. The van der Waals surface area contributed by atoms with Gasteiger partial charge in [-0.25, -0.2) is 0 Å². The minimum Gasteiger partial charge on any atom is -0.483 e. The molecule has 2 N–H and O–H groups in total. The first-order valence-electron chi connectivity index (χ1n) is 10.1. The Morgan fingerprint density at radius 3 is 2.45 bits per heavy atom. The van der Waals surface area contributed by atoms with Crippen molar-refractivity contribution in [2.45, 2.75) is 31.9 Å². The number of benzene rings is 2. The number of rotatable bonds is 7. The third kappa shape index (κ3) is 6.05. The lowest BCUT2D eigenvalue weighted by molar-refractivity contribution is -0.138. The summed E-state index contributed by atoms with van der Waals surface area (Å²) in [7, 11) is 1.54. The summed E-state index contributed by atoms with van der Waals surface area (Å²) in [6, 6.07) is 16.8. The van der Waals surface area contributed by atoms with Crippen LogP contribution in [-0.4, -0.2) is 55.0 Å². The number of ether oxygens (including phenoxy) is 2. The van der Waals surface area contributed by atoms with E-state index >= 15 is 0 Å². The summed E-state index contributed by atoms with van der Waals surface area (Å²) in [4.78, 5) is 37.8. The van der Waals surface area contributed by atoms with Crippen molar-refractivity contribution in [1.29, 1.82) is 0 Å². The van der Waals surface area contributed by atoms with Gasteiger partial charge in [-0.15, -0.1) is 0 Å². The maximum atomic E-state index is 12.4. The van der Waals surface area contributed by atoms with Crippen molar-refractivity contribution in [3.8, 4) is 5.75 Å². The number of hydrogen-bond acceptors (Lipinski definition) is 5. The van der Waals surface area contributed by atoms with Gasteiger partial charge >= 0.3 is 0 Å². The molecule has 1 heterocycles. The SMILES string of the molecule is CO[C@H]1C[C@H](C(=O)NNC(=O)COc2ccccc2Cc2ccccc2)N(C(C)=O)C1. The number of para-hydroxylation sites is 1. The van der Waals surface area contributed by atoms with E-state index in [2.05, 4.69) is 10.9 Å². The largest absolute Gasteiger partial charge is 0.483 e. The van der Waals surface area contributed by atoms with Gasteiger partial charge in [-0.1, -0.05) is 48.5 Å². The Balaban J connectivity index is 1.51. The Morgan fingerprint density at radius 2 is 1.74 bits per heavy atom. The average molecular weight is 425 g/mol. The molecule has 0 saturated carbocycles. The van der Waals surface area contributed by atoms with E-state index < -0.39 is 17.9 Å². The van der Waals surface area contributed by atoms with Crippen LogP contribution in [0.2, 0.25) is 0 Å². The van der Waals surface area contributed by atoms with E-state index in [0.29, 0.717) is 25.1 Å². The topological polar surface area (TPSA) is 97.0 Å². The Hall–Kier alpha value is -3.39. The molecule has 164 valence electrons. The molecule has 1 aliphatic rings. The zero-order chi connectivity index (χ0) is 22.2. The summed E-state index contributed by atoms with van der Waals surface area (Å²) in [6.45, 7) is 1.49. The van der Waals surface area contributed by atoms with Gasteiger partial charge in [0.1, 0.15) is 11.8 Å². The number of nitrogens with one attached hydrogen (secondary N) is 2. The summed E-state index contributed by atoms with van der Waals surface area (Å²) < 4.78 is 10.9. The maximum absolute atomic E-state index is 12.4. The quantitative estimate of drug-likeness (QED) is 0.655. The monoisotopic (exact) mass is 425 g/mol. The molecule has 8 nitrogen and oxygen atoms in total. The van der Waals surface area contributed by atoms with Crippen molar-refractivity contribution in [3.05, 3.63) is 65.7 Å². The Bertz CT molecular complexity index is 918. The second-order valence-electron chi connectivity index (χ2n) is 7.38. The first-order valence-corrected chi connectivity index (χ1v) is 10.1. The molecule has 0 unspecified atom stereocenters. The molecule has 1 aliphatic heterocycles. The van der Waals surface area contributed by atoms with E-state index in [-0.39, 0.29) is 18.6 Å². The molecule has 0 bridgehead atoms. The predicted molar refractivity (Wildman–Crippen MR) is 114 cm³/mol. The third-order valence-electron chi connectivity index (χ3n) is 5.20. The van der Waals surface area contributed by atoms with Crippen molar-refractivity contribution >= 4 is 17.7 Å². The molecule has 1 saturated heterocycles. The van der Waals surface area contributed by atoms with Crippen LogP contribution in [0.5, 0.6) is 5.75 Å². The number of methoxy groups -OCH3 is 1. The highest BCUT2D eigenvalue weighted by Gasteiger charge is 2.38. The normalized spacial score (nSPS) is 17.8. The zero-order valence-electron chi connectivity index (χ0n) is 17.7. The zero-order valence-corrected chi connectivity index (χ0v) is 17.7. The predicted octanol–water partition coefficient (Wildman–Crippen LogP) is 1.44. The highest BCUT2D eigenvalue weighted by atomic mass is 16.5.